The highest BCUT2D eigenvalue weighted by Gasteiger charge is 2.35. The first-order chi connectivity index (χ1) is 11.4. The van der Waals surface area contributed by atoms with Gasteiger partial charge in [-0.2, -0.15) is 13.2 Å². The third-order valence-corrected chi connectivity index (χ3v) is 4.94. The molecule has 0 fully saturated rings. The lowest BCUT2D eigenvalue weighted by atomic mass is 9.87. The van der Waals surface area contributed by atoms with Gasteiger partial charge in [0.1, 0.15) is 0 Å². The van der Waals surface area contributed by atoms with Crippen molar-refractivity contribution in [2.45, 2.75) is 22.7 Å². The van der Waals surface area contributed by atoms with E-state index in [1.807, 2.05) is 30.3 Å². The zero-order valence-electron chi connectivity index (χ0n) is 13.0. The Hall–Kier alpha value is -1.38. The molecule has 3 rings (SSSR count). The molecule has 0 aromatic heterocycles. The summed E-state index contributed by atoms with van der Waals surface area (Å²) < 4.78 is 38.7. The molecule has 1 heterocycles. The molecule has 25 heavy (non-hydrogen) atoms. The Balaban J connectivity index is 0.00000225. The quantitative estimate of drug-likeness (QED) is 0.477. The minimum atomic E-state index is -4.54. The van der Waals surface area contributed by atoms with Gasteiger partial charge in [0.15, 0.2) is 11.5 Å². The van der Waals surface area contributed by atoms with Crippen molar-refractivity contribution >= 4 is 28.7 Å². The van der Waals surface area contributed by atoms with Crippen molar-refractivity contribution in [3.05, 3.63) is 53.1 Å². The summed E-state index contributed by atoms with van der Waals surface area (Å²) in [6.45, 7) is 1.06. The fraction of sp³-hybridized carbons (Fsp3) is 0.294. The molecule has 1 unspecified atom stereocenters. The van der Waals surface area contributed by atoms with Crippen LogP contribution in [0.2, 0.25) is 0 Å². The van der Waals surface area contributed by atoms with E-state index in [1.165, 1.54) is 6.07 Å². The van der Waals surface area contributed by atoms with Gasteiger partial charge in [0, 0.05) is 12.5 Å². The molecule has 2 aromatic carbocycles. The molecule has 0 bridgehead atoms. The molecule has 0 radical (unpaired) electrons. The molecule has 136 valence electrons. The summed E-state index contributed by atoms with van der Waals surface area (Å²) in [7, 11) is 0. The van der Waals surface area contributed by atoms with Gasteiger partial charge in [-0.05, 0) is 47.5 Å². The lowest BCUT2D eigenvalue weighted by Gasteiger charge is -2.21. The highest BCUT2D eigenvalue weighted by molar-refractivity contribution is 8.93. The first-order valence-electron chi connectivity index (χ1n) is 7.46. The third kappa shape index (κ3) is 4.43. The normalized spacial score (nSPS) is 17.3. The van der Waals surface area contributed by atoms with Gasteiger partial charge in [-0.3, -0.25) is 0 Å². The Labute approximate surface area is 158 Å². The van der Waals surface area contributed by atoms with Crippen molar-refractivity contribution in [1.29, 1.82) is 0 Å². The highest BCUT2D eigenvalue weighted by Crippen LogP contribution is 2.49. The van der Waals surface area contributed by atoms with E-state index in [1.54, 1.807) is 0 Å². The number of aromatic hydroxyl groups is 2. The van der Waals surface area contributed by atoms with Crippen LogP contribution in [-0.2, 0) is 6.42 Å². The number of benzene rings is 2. The number of phenolic OH excluding ortho intramolecular Hbond substituents is 2. The van der Waals surface area contributed by atoms with E-state index in [0.717, 1.165) is 5.56 Å². The summed E-state index contributed by atoms with van der Waals surface area (Å²) in [6, 6.07) is 10.8. The Morgan fingerprint density at radius 3 is 2.44 bits per heavy atom. The molecular formula is C17H17BrF3NO2S. The van der Waals surface area contributed by atoms with Crippen LogP contribution >= 0.6 is 28.7 Å². The molecular weight excluding hydrogens is 419 g/mol. The SMILES string of the molecule is Br.Oc1cc2c(c(SC(F)(F)F)c1O)CCNCC2c1ccccc1. The predicted octanol–water partition coefficient (Wildman–Crippen LogP) is 4.57. The van der Waals surface area contributed by atoms with Crippen LogP contribution in [0.4, 0.5) is 13.2 Å². The van der Waals surface area contributed by atoms with Gasteiger partial charge in [-0.25, -0.2) is 0 Å². The lowest BCUT2D eigenvalue weighted by Crippen LogP contribution is -2.20. The number of hydrogen-bond acceptors (Lipinski definition) is 4. The van der Waals surface area contributed by atoms with Crippen LogP contribution in [0, 0.1) is 0 Å². The van der Waals surface area contributed by atoms with Crippen molar-refractivity contribution < 1.29 is 23.4 Å². The van der Waals surface area contributed by atoms with Crippen LogP contribution in [0.5, 0.6) is 11.5 Å². The Morgan fingerprint density at radius 1 is 1.12 bits per heavy atom. The smallest absolute Gasteiger partial charge is 0.446 e. The molecule has 0 amide bonds. The summed E-state index contributed by atoms with van der Waals surface area (Å²) >= 11 is -0.375. The Morgan fingerprint density at radius 2 is 1.80 bits per heavy atom. The van der Waals surface area contributed by atoms with Gasteiger partial charge in [0.2, 0.25) is 0 Å². The average molecular weight is 436 g/mol. The molecule has 1 aliphatic rings. The first-order valence-corrected chi connectivity index (χ1v) is 8.27. The maximum absolute atomic E-state index is 12.9. The van der Waals surface area contributed by atoms with Crippen LogP contribution in [-0.4, -0.2) is 28.8 Å². The molecule has 1 aliphatic heterocycles. The van der Waals surface area contributed by atoms with Crippen LogP contribution in [0.1, 0.15) is 22.6 Å². The summed E-state index contributed by atoms with van der Waals surface area (Å²) in [5, 5.41) is 23.2. The van der Waals surface area contributed by atoms with E-state index in [2.05, 4.69) is 5.32 Å². The van der Waals surface area contributed by atoms with Gasteiger partial charge in [0.25, 0.3) is 0 Å². The number of rotatable bonds is 2. The van der Waals surface area contributed by atoms with Gasteiger partial charge in [-0.15, -0.1) is 17.0 Å². The lowest BCUT2D eigenvalue weighted by molar-refractivity contribution is -0.0329. The topological polar surface area (TPSA) is 52.5 Å². The number of thioether (sulfide) groups is 1. The number of hydrogen-bond donors (Lipinski definition) is 3. The number of nitrogens with one attached hydrogen (secondary N) is 1. The molecule has 2 aromatic rings. The zero-order valence-corrected chi connectivity index (χ0v) is 15.5. The first kappa shape index (κ1) is 19.9. The van der Waals surface area contributed by atoms with Gasteiger partial charge >= 0.3 is 5.51 Å². The van der Waals surface area contributed by atoms with Gasteiger partial charge in [-0.1, -0.05) is 30.3 Å². The van der Waals surface area contributed by atoms with Crippen molar-refractivity contribution in [1.82, 2.24) is 5.32 Å². The van der Waals surface area contributed by atoms with Crippen molar-refractivity contribution in [3.8, 4) is 11.5 Å². The fourth-order valence-corrected chi connectivity index (χ4v) is 3.82. The maximum Gasteiger partial charge on any atom is 0.446 e. The van der Waals surface area contributed by atoms with Crippen LogP contribution in [0.25, 0.3) is 0 Å². The second-order valence-corrected chi connectivity index (χ2v) is 6.68. The molecule has 0 saturated carbocycles. The Bertz CT molecular complexity index is 741. The average Bonchev–Trinajstić information content (AvgIpc) is 2.74. The Kier molecular flexibility index (Phi) is 6.29. The summed E-state index contributed by atoms with van der Waals surface area (Å²) in [4.78, 5) is -0.304. The second-order valence-electron chi connectivity index (χ2n) is 5.61. The molecule has 0 saturated heterocycles. The number of fused-ring (bicyclic) bond motifs is 1. The van der Waals surface area contributed by atoms with E-state index in [4.69, 9.17) is 0 Å². The fourth-order valence-electron chi connectivity index (χ4n) is 3.04. The third-order valence-electron chi connectivity index (χ3n) is 4.07. The summed E-state index contributed by atoms with van der Waals surface area (Å²) in [5.41, 5.74) is -2.54. The molecule has 0 aliphatic carbocycles. The van der Waals surface area contributed by atoms with E-state index >= 15 is 0 Å². The van der Waals surface area contributed by atoms with Crippen LogP contribution in [0.3, 0.4) is 0 Å². The molecule has 3 N–H and O–H groups in total. The number of phenols is 2. The minimum Gasteiger partial charge on any atom is -0.504 e. The molecule has 8 heteroatoms. The van der Waals surface area contributed by atoms with E-state index in [-0.39, 0.29) is 39.6 Å². The predicted molar refractivity (Wildman–Crippen MR) is 96.9 cm³/mol. The number of alkyl halides is 3. The zero-order chi connectivity index (χ0) is 17.3. The van der Waals surface area contributed by atoms with E-state index in [0.29, 0.717) is 30.6 Å². The van der Waals surface area contributed by atoms with Crippen molar-refractivity contribution in [2.24, 2.45) is 0 Å². The van der Waals surface area contributed by atoms with E-state index < -0.39 is 17.0 Å². The van der Waals surface area contributed by atoms with Crippen molar-refractivity contribution in [3.63, 3.8) is 0 Å². The van der Waals surface area contributed by atoms with Crippen LogP contribution < -0.4 is 5.32 Å². The van der Waals surface area contributed by atoms with Gasteiger partial charge in [0.05, 0.1) is 4.90 Å². The van der Waals surface area contributed by atoms with Crippen molar-refractivity contribution in [2.75, 3.05) is 13.1 Å². The van der Waals surface area contributed by atoms with E-state index in [9.17, 15) is 23.4 Å². The standard InChI is InChI=1S/C17H16F3NO2S.BrH/c18-17(19,20)24-16-11-6-7-21-9-13(10-4-2-1-3-5-10)12(11)8-14(22)15(16)23;/h1-5,8,13,21-23H,6-7,9H2;1H. The molecule has 3 nitrogen and oxygen atoms in total. The van der Waals surface area contributed by atoms with Crippen LogP contribution in [0.15, 0.2) is 41.3 Å². The maximum atomic E-state index is 12.9. The molecule has 1 atom stereocenters. The monoisotopic (exact) mass is 435 g/mol. The minimum absolute atomic E-state index is 0. The molecule has 0 spiro atoms. The second kappa shape index (κ2) is 7.88. The summed E-state index contributed by atoms with van der Waals surface area (Å²) in [5.74, 6) is -1.42. The number of halogens is 4. The van der Waals surface area contributed by atoms with Gasteiger partial charge < -0.3 is 15.5 Å². The highest BCUT2D eigenvalue weighted by atomic mass is 79.9. The largest absolute Gasteiger partial charge is 0.504 e. The summed E-state index contributed by atoms with van der Waals surface area (Å²) in [6.07, 6.45) is 0.352.